The van der Waals surface area contributed by atoms with E-state index >= 15 is 0 Å². The first kappa shape index (κ1) is 17.7. The SMILES string of the molecule is CN(CCOc1ccc(-c2ccn(-c3ncccn3)n2)cc1)c1ccccn1. The average molecular weight is 372 g/mol. The van der Waals surface area contributed by atoms with Gasteiger partial charge < -0.3 is 9.64 Å². The fourth-order valence-electron chi connectivity index (χ4n) is 2.72. The van der Waals surface area contributed by atoms with Crippen LogP contribution in [0.3, 0.4) is 0 Å². The summed E-state index contributed by atoms with van der Waals surface area (Å²) < 4.78 is 7.51. The van der Waals surface area contributed by atoms with Crippen LogP contribution in [0, 0.1) is 0 Å². The fourth-order valence-corrected chi connectivity index (χ4v) is 2.72. The molecule has 0 spiro atoms. The number of benzene rings is 1. The molecule has 140 valence electrons. The third-order valence-corrected chi connectivity index (χ3v) is 4.23. The van der Waals surface area contributed by atoms with Crippen molar-refractivity contribution in [2.45, 2.75) is 0 Å². The van der Waals surface area contributed by atoms with Crippen molar-refractivity contribution in [1.82, 2.24) is 24.7 Å². The largest absolute Gasteiger partial charge is 0.492 e. The van der Waals surface area contributed by atoms with Gasteiger partial charge in [0.25, 0.3) is 0 Å². The molecule has 4 rings (SSSR count). The molecule has 0 aliphatic carbocycles. The van der Waals surface area contributed by atoms with Crippen LogP contribution in [0.1, 0.15) is 0 Å². The van der Waals surface area contributed by atoms with Crippen LogP contribution in [0.4, 0.5) is 5.82 Å². The van der Waals surface area contributed by atoms with Crippen molar-refractivity contribution in [3.05, 3.63) is 79.4 Å². The van der Waals surface area contributed by atoms with Crippen molar-refractivity contribution < 1.29 is 4.74 Å². The van der Waals surface area contributed by atoms with Gasteiger partial charge in [-0.25, -0.2) is 19.6 Å². The zero-order chi connectivity index (χ0) is 19.2. The Hall–Kier alpha value is -3.74. The number of anilines is 1. The molecule has 0 saturated heterocycles. The maximum absolute atomic E-state index is 5.85. The van der Waals surface area contributed by atoms with E-state index in [9.17, 15) is 0 Å². The van der Waals surface area contributed by atoms with Crippen LogP contribution in [0.2, 0.25) is 0 Å². The maximum Gasteiger partial charge on any atom is 0.250 e. The summed E-state index contributed by atoms with van der Waals surface area (Å²) in [4.78, 5) is 14.8. The highest BCUT2D eigenvalue weighted by molar-refractivity contribution is 5.59. The molecule has 7 heteroatoms. The molecule has 0 bridgehead atoms. The number of ether oxygens (including phenoxy) is 1. The monoisotopic (exact) mass is 372 g/mol. The van der Waals surface area contributed by atoms with Gasteiger partial charge in [0.05, 0.1) is 12.2 Å². The molecule has 0 unspecified atom stereocenters. The Labute approximate surface area is 163 Å². The Morgan fingerprint density at radius 3 is 2.43 bits per heavy atom. The molecule has 0 radical (unpaired) electrons. The van der Waals surface area contributed by atoms with Gasteiger partial charge in [0, 0.05) is 37.4 Å². The number of rotatable bonds is 7. The minimum atomic E-state index is 0.547. The van der Waals surface area contributed by atoms with Crippen LogP contribution >= 0.6 is 0 Å². The molecular weight excluding hydrogens is 352 g/mol. The second-order valence-electron chi connectivity index (χ2n) is 6.18. The third kappa shape index (κ3) is 4.15. The Kier molecular flexibility index (Phi) is 5.24. The van der Waals surface area contributed by atoms with E-state index in [4.69, 9.17) is 4.74 Å². The lowest BCUT2D eigenvalue weighted by atomic mass is 10.1. The number of pyridine rings is 1. The average Bonchev–Trinajstić information content (AvgIpc) is 3.26. The topological polar surface area (TPSA) is 69.0 Å². The molecule has 3 aromatic heterocycles. The molecule has 0 amide bonds. The number of aromatic nitrogens is 5. The molecule has 4 aromatic rings. The summed E-state index contributed by atoms with van der Waals surface area (Å²) in [5.74, 6) is 2.30. The first-order valence-corrected chi connectivity index (χ1v) is 8.98. The lowest BCUT2D eigenvalue weighted by Crippen LogP contribution is -2.24. The van der Waals surface area contributed by atoms with Gasteiger partial charge in [-0.2, -0.15) is 5.10 Å². The lowest BCUT2D eigenvalue weighted by Gasteiger charge is -2.18. The van der Waals surface area contributed by atoms with Gasteiger partial charge in [0.2, 0.25) is 5.95 Å². The number of likely N-dealkylation sites (N-methyl/N-ethyl adjacent to an activating group) is 1. The van der Waals surface area contributed by atoms with Crippen molar-refractivity contribution in [3.63, 3.8) is 0 Å². The van der Waals surface area contributed by atoms with E-state index in [-0.39, 0.29) is 0 Å². The van der Waals surface area contributed by atoms with Crippen molar-refractivity contribution in [3.8, 4) is 23.0 Å². The Morgan fingerprint density at radius 1 is 0.893 bits per heavy atom. The Balaban J connectivity index is 1.35. The molecule has 0 atom stereocenters. The molecule has 7 nitrogen and oxygen atoms in total. The third-order valence-electron chi connectivity index (χ3n) is 4.23. The van der Waals surface area contributed by atoms with Crippen LogP contribution < -0.4 is 9.64 Å². The van der Waals surface area contributed by atoms with Crippen LogP contribution in [0.25, 0.3) is 17.2 Å². The lowest BCUT2D eigenvalue weighted by molar-refractivity contribution is 0.325. The molecule has 0 aliphatic heterocycles. The van der Waals surface area contributed by atoms with E-state index in [1.165, 1.54) is 0 Å². The van der Waals surface area contributed by atoms with Gasteiger partial charge in [-0.15, -0.1) is 0 Å². The molecule has 0 N–H and O–H groups in total. The molecule has 0 aliphatic rings. The predicted octanol–water partition coefficient (Wildman–Crippen LogP) is 3.24. The van der Waals surface area contributed by atoms with E-state index in [0.717, 1.165) is 29.4 Å². The van der Waals surface area contributed by atoms with Crippen molar-refractivity contribution in [1.29, 1.82) is 0 Å². The zero-order valence-corrected chi connectivity index (χ0v) is 15.5. The van der Waals surface area contributed by atoms with Gasteiger partial charge in [-0.3, -0.25) is 0 Å². The summed E-state index contributed by atoms with van der Waals surface area (Å²) in [6.07, 6.45) is 7.03. The molecule has 0 fully saturated rings. The van der Waals surface area contributed by atoms with Crippen molar-refractivity contribution in [2.75, 3.05) is 25.1 Å². The second-order valence-corrected chi connectivity index (χ2v) is 6.18. The second kappa shape index (κ2) is 8.30. The predicted molar refractivity (Wildman–Crippen MR) is 108 cm³/mol. The minimum Gasteiger partial charge on any atom is -0.492 e. The van der Waals surface area contributed by atoms with Crippen molar-refractivity contribution >= 4 is 5.82 Å². The van der Waals surface area contributed by atoms with Crippen LogP contribution in [-0.4, -0.2) is 44.9 Å². The summed E-state index contributed by atoms with van der Waals surface area (Å²) in [6, 6.07) is 17.5. The minimum absolute atomic E-state index is 0.547. The van der Waals surface area contributed by atoms with Crippen LogP contribution in [0.5, 0.6) is 5.75 Å². The van der Waals surface area contributed by atoms with Crippen LogP contribution in [0.15, 0.2) is 79.4 Å². The first-order valence-electron chi connectivity index (χ1n) is 8.98. The Bertz CT molecular complexity index is 1000. The van der Waals surface area contributed by atoms with Gasteiger partial charge >= 0.3 is 0 Å². The summed E-state index contributed by atoms with van der Waals surface area (Å²) in [6.45, 7) is 1.33. The number of hydrogen-bond donors (Lipinski definition) is 0. The molecule has 3 heterocycles. The molecule has 28 heavy (non-hydrogen) atoms. The van der Waals surface area contributed by atoms with Crippen LogP contribution in [-0.2, 0) is 0 Å². The van der Waals surface area contributed by atoms with Gasteiger partial charge in [-0.05, 0) is 48.5 Å². The summed E-state index contributed by atoms with van der Waals surface area (Å²) in [5.41, 5.74) is 1.86. The van der Waals surface area contributed by atoms with E-state index in [1.54, 1.807) is 29.3 Å². The van der Waals surface area contributed by atoms with E-state index in [1.807, 2.05) is 61.8 Å². The zero-order valence-electron chi connectivity index (χ0n) is 15.5. The van der Waals surface area contributed by atoms with Crippen molar-refractivity contribution in [2.24, 2.45) is 0 Å². The molecular formula is C21H20N6O. The number of nitrogens with zero attached hydrogens (tertiary/aromatic N) is 6. The quantitative estimate of drug-likeness (QED) is 0.496. The first-order chi connectivity index (χ1) is 13.8. The normalized spacial score (nSPS) is 10.6. The summed E-state index contributed by atoms with van der Waals surface area (Å²) in [7, 11) is 2.00. The van der Waals surface area contributed by atoms with E-state index < -0.39 is 0 Å². The Morgan fingerprint density at radius 2 is 1.68 bits per heavy atom. The standard InChI is InChI=1S/C21H20N6O/c1-26(20-5-2-3-11-22-20)15-16-28-18-8-6-17(7-9-18)19-10-14-27(25-19)21-23-12-4-13-24-21/h2-14H,15-16H2,1H3. The smallest absolute Gasteiger partial charge is 0.250 e. The summed E-state index contributed by atoms with van der Waals surface area (Å²) in [5, 5.41) is 4.54. The van der Waals surface area contributed by atoms with Gasteiger partial charge in [-0.1, -0.05) is 6.07 Å². The van der Waals surface area contributed by atoms with E-state index in [0.29, 0.717) is 12.6 Å². The highest BCUT2D eigenvalue weighted by Crippen LogP contribution is 2.21. The van der Waals surface area contributed by atoms with Gasteiger partial charge in [0.15, 0.2) is 0 Å². The molecule has 0 saturated carbocycles. The number of hydrogen-bond acceptors (Lipinski definition) is 6. The highest BCUT2D eigenvalue weighted by atomic mass is 16.5. The fraction of sp³-hybridized carbons (Fsp3) is 0.143. The summed E-state index contributed by atoms with van der Waals surface area (Å²) >= 11 is 0. The van der Waals surface area contributed by atoms with Gasteiger partial charge in [0.1, 0.15) is 18.2 Å². The maximum atomic E-state index is 5.85. The molecule has 1 aromatic carbocycles. The highest BCUT2D eigenvalue weighted by Gasteiger charge is 2.06. The van der Waals surface area contributed by atoms with E-state index in [2.05, 4.69) is 25.0 Å².